The first-order valence-corrected chi connectivity index (χ1v) is 8.03. The van der Waals surface area contributed by atoms with E-state index >= 15 is 0 Å². The smallest absolute Gasteiger partial charge is 0.275 e. The molecule has 0 bridgehead atoms. The second-order valence-corrected chi connectivity index (χ2v) is 6.30. The molecule has 0 radical (unpaired) electrons. The van der Waals surface area contributed by atoms with Crippen molar-refractivity contribution in [1.82, 2.24) is 19.6 Å². The van der Waals surface area contributed by atoms with Crippen molar-refractivity contribution < 1.29 is 4.79 Å². The topological polar surface area (TPSA) is 64.7 Å². The highest BCUT2D eigenvalue weighted by molar-refractivity contribution is 6.35. The van der Waals surface area contributed by atoms with Crippen LogP contribution in [-0.2, 0) is 13.6 Å². The summed E-state index contributed by atoms with van der Waals surface area (Å²) in [7, 11) is 1.68. The Kier molecular flexibility index (Phi) is 4.80. The molecule has 0 fully saturated rings. The van der Waals surface area contributed by atoms with Gasteiger partial charge in [0.15, 0.2) is 5.82 Å². The summed E-state index contributed by atoms with van der Waals surface area (Å²) in [6, 6.07) is 6.83. The molecule has 1 amide bonds. The van der Waals surface area contributed by atoms with Crippen LogP contribution in [0.4, 0.5) is 5.82 Å². The Balaban J connectivity index is 1.78. The van der Waals surface area contributed by atoms with Crippen LogP contribution >= 0.6 is 34.8 Å². The molecule has 0 unspecified atom stereocenters. The highest BCUT2D eigenvalue weighted by Gasteiger charge is 2.15. The number of aromatic nitrogens is 4. The molecule has 2 heterocycles. The van der Waals surface area contributed by atoms with Crippen LogP contribution in [-0.4, -0.2) is 25.5 Å². The molecule has 2 aromatic heterocycles. The second-order valence-electron chi connectivity index (χ2n) is 5.05. The predicted molar refractivity (Wildman–Crippen MR) is 94.0 cm³/mol. The van der Waals surface area contributed by atoms with Crippen LogP contribution in [0.1, 0.15) is 16.1 Å². The van der Waals surface area contributed by atoms with Gasteiger partial charge in [-0.1, -0.05) is 40.9 Å². The number of hydrogen-bond donors (Lipinski definition) is 1. The first kappa shape index (κ1) is 16.8. The standard InChI is InChI=1S/C15H12Cl3N5O/c1-22-13(4-5-19-22)15(24)20-14-12(18)8-23(21-14)7-9-2-3-10(16)6-11(9)17/h2-6,8H,7H2,1H3,(H,20,21,24). The maximum atomic E-state index is 12.2. The minimum Gasteiger partial charge on any atom is -0.302 e. The Morgan fingerprint density at radius 2 is 2.00 bits per heavy atom. The molecule has 3 aromatic rings. The van der Waals surface area contributed by atoms with E-state index in [1.807, 2.05) is 6.07 Å². The average Bonchev–Trinajstić information content (AvgIpc) is 3.08. The predicted octanol–water partition coefficient (Wildman–Crippen LogP) is 3.88. The van der Waals surface area contributed by atoms with Crippen LogP contribution in [0.3, 0.4) is 0 Å². The van der Waals surface area contributed by atoms with Gasteiger partial charge in [0.1, 0.15) is 10.7 Å². The third-order valence-electron chi connectivity index (χ3n) is 3.35. The van der Waals surface area contributed by atoms with Crippen LogP contribution in [0.2, 0.25) is 15.1 Å². The highest BCUT2D eigenvalue weighted by atomic mass is 35.5. The second kappa shape index (κ2) is 6.84. The van der Waals surface area contributed by atoms with E-state index in [2.05, 4.69) is 15.5 Å². The summed E-state index contributed by atoms with van der Waals surface area (Å²) in [4.78, 5) is 12.2. The molecule has 0 aliphatic rings. The SMILES string of the molecule is Cn1nccc1C(=O)Nc1nn(Cc2ccc(Cl)cc2Cl)cc1Cl. The van der Waals surface area contributed by atoms with E-state index in [1.54, 1.807) is 36.1 Å². The van der Waals surface area contributed by atoms with Crippen molar-refractivity contribution >= 4 is 46.5 Å². The minimum absolute atomic E-state index is 0.271. The number of halogens is 3. The maximum absolute atomic E-state index is 12.2. The lowest BCUT2D eigenvalue weighted by atomic mass is 10.2. The number of nitrogens with one attached hydrogen (secondary N) is 1. The molecular formula is C15H12Cl3N5O. The summed E-state index contributed by atoms with van der Waals surface area (Å²) < 4.78 is 3.06. The summed E-state index contributed by atoms with van der Waals surface area (Å²) >= 11 is 18.2. The molecule has 0 aliphatic heterocycles. The zero-order valence-electron chi connectivity index (χ0n) is 12.5. The van der Waals surface area contributed by atoms with E-state index in [9.17, 15) is 4.79 Å². The first-order valence-electron chi connectivity index (χ1n) is 6.90. The van der Waals surface area contributed by atoms with Gasteiger partial charge < -0.3 is 5.32 Å². The zero-order valence-corrected chi connectivity index (χ0v) is 14.8. The van der Waals surface area contributed by atoms with Gasteiger partial charge in [0.2, 0.25) is 0 Å². The molecule has 0 spiro atoms. The molecule has 0 saturated heterocycles. The number of carbonyl (C=O) groups excluding carboxylic acids is 1. The van der Waals surface area contributed by atoms with Crippen LogP contribution in [0.15, 0.2) is 36.7 Å². The summed E-state index contributed by atoms with van der Waals surface area (Å²) in [5.74, 6) is -0.0698. The maximum Gasteiger partial charge on any atom is 0.275 e. The Labute approximate surface area is 152 Å². The van der Waals surface area contributed by atoms with E-state index in [-0.39, 0.29) is 11.7 Å². The van der Waals surface area contributed by atoms with Gasteiger partial charge in [-0.15, -0.1) is 0 Å². The number of rotatable bonds is 4. The van der Waals surface area contributed by atoms with Gasteiger partial charge in [0.05, 0.1) is 6.54 Å². The molecule has 124 valence electrons. The van der Waals surface area contributed by atoms with Crippen molar-refractivity contribution in [1.29, 1.82) is 0 Å². The van der Waals surface area contributed by atoms with Crippen molar-refractivity contribution in [3.05, 3.63) is 63.0 Å². The van der Waals surface area contributed by atoms with E-state index in [1.165, 1.54) is 10.9 Å². The Morgan fingerprint density at radius 3 is 2.67 bits per heavy atom. The summed E-state index contributed by atoms with van der Waals surface area (Å²) in [5, 5.41) is 12.3. The third kappa shape index (κ3) is 3.56. The Bertz CT molecular complexity index is 902. The van der Waals surface area contributed by atoms with E-state index in [0.29, 0.717) is 27.3 Å². The van der Waals surface area contributed by atoms with Crippen LogP contribution in [0, 0.1) is 0 Å². The third-order valence-corrected chi connectivity index (χ3v) is 4.21. The summed E-state index contributed by atoms with van der Waals surface area (Å²) in [6.45, 7) is 0.400. The van der Waals surface area contributed by atoms with Gasteiger partial charge in [-0.2, -0.15) is 10.2 Å². The van der Waals surface area contributed by atoms with Crippen molar-refractivity contribution in [2.45, 2.75) is 6.54 Å². The zero-order chi connectivity index (χ0) is 17.3. The lowest BCUT2D eigenvalue weighted by Gasteiger charge is -2.05. The normalized spacial score (nSPS) is 10.8. The molecule has 1 N–H and O–H groups in total. The van der Waals surface area contributed by atoms with Crippen molar-refractivity contribution in [3.8, 4) is 0 Å². The lowest BCUT2D eigenvalue weighted by Crippen LogP contribution is -2.17. The van der Waals surface area contributed by atoms with Crippen molar-refractivity contribution in [3.63, 3.8) is 0 Å². The van der Waals surface area contributed by atoms with Crippen LogP contribution in [0.5, 0.6) is 0 Å². The molecule has 9 heteroatoms. The van der Waals surface area contributed by atoms with Gasteiger partial charge in [-0.25, -0.2) is 0 Å². The first-order chi connectivity index (χ1) is 11.4. The fourth-order valence-corrected chi connectivity index (χ4v) is 2.82. The average molecular weight is 385 g/mol. The van der Waals surface area contributed by atoms with Gasteiger partial charge in [0, 0.05) is 29.5 Å². The highest BCUT2D eigenvalue weighted by Crippen LogP contribution is 2.24. The molecule has 0 aliphatic carbocycles. The van der Waals surface area contributed by atoms with Crippen LogP contribution in [0.25, 0.3) is 0 Å². The molecule has 6 nitrogen and oxygen atoms in total. The number of amides is 1. The van der Waals surface area contributed by atoms with E-state index < -0.39 is 0 Å². The molecular weight excluding hydrogens is 373 g/mol. The number of hydrogen-bond acceptors (Lipinski definition) is 3. The van der Waals surface area contributed by atoms with Gasteiger partial charge in [-0.3, -0.25) is 14.2 Å². The number of aryl methyl sites for hydroxylation is 1. The Hall–Kier alpha value is -2.02. The summed E-state index contributed by atoms with van der Waals surface area (Å²) in [5.41, 5.74) is 1.24. The molecule has 0 atom stereocenters. The largest absolute Gasteiger partial charge is 0.302 e. The van der Waals surface area contributed by atoms with Crippen LogP contribution < -0.4 is 5.32 Å². The number of nitrogens with zero attached hydrogens (tertiary/aromatic N) is 4. The lowest BCUT2D eigenvalue weighted by molar-refractivity contribution is 0.101. The monoisotopic (exact) mass is 383 g/mol. The van der Waals surface area contributed by atoms with Gasteiger partial charge in [0.25, 0.3) is 5.91 Å². The Morgan fingerprint density at radius 1 is 1.21 bits per heavy atom. The van der Waals surface area contributed by atoms with Crippen molar-refractivity contribution in [2.24, 2.45) is 7.05 Å². The van der Waals surface area contributed by atoms with E-state index in [0.717, 1.165) is 5.56 Å². The number of benzene rings is 1. The molecule has 0 saturated carbocycles. The molecule has 1 aromatic carbocycles. The number of anilines is 1. The van der Waals surface area contributed by atoms with E-state index in [4.69, 9.17) is 34.8 Å². The molecule has 24 heavy (non-hydrogen) atoms. The molecule has 3 rings (SSSR count). The van der Waals surface area contributed by atoms with Crippen molar-refractivity contribution in [2.75, 3.05) is 5.32 Å². The quantitative estimate of drug-likeness (QED) is 0.742. The summed E-state index contributed by atoms with van der Waals surface area (Å²) in [6.07, 6.45) is 3.16. The van der Waals surface area contributed by atoms with Gasteiger partial charge in [-0.05, 0) is 23.8 Å². The minimum atomic E-state index is -0.341. The van der Waals surface area contributed by atoms with Gasteiger partial charge >= 0.3 is 0 Å². The fraction of sp³-hybridized carbons (Fsp3) is 0.133. The fourth-order valence-electron chi connectivity index (χ4n) is 2.16. The number of carbonyl (C=O) groups is 1.